The van der Waals surface area contributed by atoms with Gasteiger partial charge in [0, 0.05) is 12.3 Å². The Morgan fingerprint density at radius 1 is 1.62 bits per heavy atom. The third kappa shape index (κ3) is 6.73. The maximum atomic E-state index is 11.0. The number of halogens is 1. The van der Waals surface area contributed by atoms with Gasteiger partial charge in [-0.25, -0.2) is 13.1 Å². The molecule has 7 heteroatoms. The molecule has 0 aliphatic heterocycles. The van der Waals surface area contributed by atoms with E-state index in [4.69, 9.17) is 0 Å². The normalized spacial score (nSPS) is 16.9. The molecule has 0 aromatic carbocycles. The highest BCUT2D eigenvalue weighted by Crippen LogP contribution is 2.09. The summed E-state index contributed by atoms with van der Waals surface area (Å²) in [6, 6.07) is 0. The van der Waals surface area contributed by atoms with Gasteiger partial charge in [-0.05, 0) is 13.2 Å². The lowest BCUT2D eigenvalue weighted by atomic mass is 10.1. The van der Waals surface area contributed by atoms with Crippen LogP contribution in [0.25, 0.3) is 0 Å². The zero-order valence-electron chi connectivity index (χ0n) is 7.58. The number of thioether (sulfide) groups is 1. The van der Waals surface area contributed by atoms with E-state index in [9.17, 15) is 13.5 Å². The molecule has 0 spiro atoms. The van der Waals surface area contributed by atoms with Gasteiger partial charge in [0.1, 0.15) is 4.66 Å². The summed E-state index contributed by atoms with van der Waals surface area (Å²) in [5, 5.41) is 9.61. The quantitative estimate of drug-likeness (QED) is 0.694. The summed E-state index contributed by atoms with van der Waals surface area (Å²) in [5.41, 5.74) is -0.991. The van der Waals surface area contributed by atoms with Gasteiger partial charge >= 0.3 is 0 Å². The Kier molecular flexibility index (Phi) is 5.85. The van der Waals surface area contributed by atoms with Gasteiger partial charge in [0.2, 0.25) is 10.0 Å². The summed E-state index contributed by atoms with van der Waals surface area (Å²) in [6.07, 6.45) is 1.85. The third-order valence-corrected chi connectivity index (χ3v) is 4.86. The molecule has 0 saturated heterocycles. The molecule has 0 rings (SSSR count). The van der Waals surface area contributed by atoms with Crippen LogP contribution in [0.1, 0.15) is 6.92 Å². The molecule has 0 bridgehead atoms. The summed E-state index contributed by atoms with van der Waals surface area (Å²) >= 11 is 4.31. The van der Waals surface area contributed by atoms with Gasteiger partial charge in [0.25, 0.3) is 0 Å². The molecule has 0 aliphatic carbocycles. The number of rotatable bonds is 6. The smallest absolute Gasteiger partial charge is 0.221 e. The molecule has 13 heavy (non-hydrogen) atoms. The number of nitrogens with one attached hydrogen (secondary N) is 1. The second-order valence-corrected chi connectivity index (χ2v) is 6.95. The van der Waals surface area contributed by atoms with Crippen LogP contribution in [0.3, 0.4) is 0 Å². The second-order valence-electron chi connectivity index (χ2n) is 2.97. The zero-order valence-corrected chi connectivity index (χ0v) is 10.8. The van der Waals surface area contributed by atoms with Gasteiger partial charge in [0.15, 0.2) is 0 Å². The van der Waals surface area contributed by atoms with E-state index in [0.29, 0.717) is 5.75 Å². The van der Waals surface area contributed by atoms with E-state index in [1.807, 2.05) is 6.26 Å². The van der Waals surface area contributed by atoms with E-state index in [0.717, 1.165) is 0 Å². The van der Waals surface area contributed by atoms with E-state index in [-0.39, 0.29) is 11.2 Å². The average molecular weight is 292 g/mol. The fourth-order valence-corrected chi connectivity index (χ4v) is 2.48. The lowest BCUT2D eigenvalue weighted by Gasteiger charge is -2.21. The van der Waals surface area contributed by atoms with E-state index >= 15 is 0 Å². The van der Waals surface area contributed by atoms with Crippen LogP contribution >= 0.6 is 27.7 Å². The predicted octanol–water partition coefficient (Wildman–Crippen LogP) is 0.372. The highest BCUT2D eigenvalue weighted by molar-refractivity contribution is 9.10. The molecule has 1 unspecified atom stereocenters. The minimum atomic E-state index is -3.27. The molecule has 0 radical (unpaired) electrons. The Morgan fingerprint density at radius 2 is 2.15 bits per heavy atom. The van der Waals surface area contributed by atoms with Gasteiger partial charge in [-0.15, -0.1) is 0 Å². The maximum Gasteiger partial charge on any atom is 0.221 e. The Hall–Kier alpha value is 0.700. The van der Waals surface area contributed by atoms with Gasteiger partial charge in [-0.1, -0.05) is 15.9 Å². The van der Waals surface area contributed by atoms with Crippen molar-refractivity contribution in [2.24, 2.45) is 0 Å². The van der Waals surface area contributed by atoms with Crippen molar-refractivity contribution in [3.05, 3.63) is 0 Å². The molecular formula is C6H14BrNO3S2. The largest absolute Gasteiger partial charge is 0.388 e. The molecule has 0 saturated carbocycles. The van der Waals surface area contributed by atoms with Crippen molar-refractivity contribution < 1.29 is 13.5 Å². The fourth-order valence-electron chi connectivity index (χ4n) is 0.666. The van der Waals surface area contributed by atoms with Gasteiger partial charge < -0.3 is 5.11 Å². The first-order chi connectivity index (χ1) is 5.83. The molecule has 0 aliphatic rings. The molecule has 80 valence electrons. The molecule has 0 aromatic heterocycles. The summed E-state index contributed by atoms with van der Waals surface area (Å²) in [4.78, 5) is 0. The molecular weight excluding hydrogens is 278 g/mol. The molecule has 0 fully saturated rings. The third-order valence-electron chi connectivity index (χ3n) is 1.27. The zero-order chi connectivity index (χ0) is 10.5. The maximum absolute atomic E-state index is 11.0. The van der Waals surface area contributed by atoms with E-state index in [1.54, 1.807) is 6.92 Å². The summed E-state index contributed by atoms with van der Waals surface area (Å²) in [6.45, 7) is 1.64. The van der Waals surface area contributed by atoms with Crippen molar-refractivity contribution in [2.45, 2.75) is 12.5 Å². The number of alkyl halides is 1. The van der Waals surface area contributed by atoms with Crippen LogP contribution in [0.2, 0.25) is 0 Å². The summed E-state index contributed by atoms with van der Waals surface area (Å²) < 4.78 is 24.1. The highest BCUT2D eigenvalue weighted by atomic mass is 79.9. The minimum Gasteiger partial charge on any atom is -0.388 e. The van der Waals surface area contributed by atoms with Crippen LogP contribution < -0.4 is 4.72 Å². The minimum absolute atomic E-state index is 0.0434. The number of hydrogen-bond acceptors (Lipinski definition) is 4. The van der Waals surface area contributed by atoms with Crippen molar-refractivity contribution in [1.29, 1.82) is 0 Å². The lowest BCUT2D eigenvalue weighted by Crippen LogP contribution is -2.42. The van der Waals surface area contributed by atoms with Crippen molar-refractivity contribution in [2.75, 3.05) is 23.2 Å². The Bertz CT molecular complexity index is 240. The van der Waals surface area contributed by atoms with E-state index in [2.05, 4.69) is 20.7 Å². The van der Waals surface area contributed by atoms with Crippen LogP contribution in [0, 0.1) is 0 Å². The van der Waals surface area contributed by atoms with Crippen LogP contribution in [-0.2, 0) is 10.0 Å². The van der Waals surface area contributed by atoms with E-state index in [1.165, 1.54) is 11.8 Å². The van der Waals surface area contributed by atoms with Gasteiger partial charge in [0.05, 0.1) is 5.60 Å². The first kappa shape index (κ1) is 13.7. The first-order valence-electron chi connectivity index (χ1n) is 3.57. The van der Waals surface area contributed by atoms with Crippen LogP contribution in [0.4, 0.5) is 0 Å². The van der Waals surface area contributed by atoms with Crippen molar-refractivity contribution in [1.82, 2.24) is 4.72 Å². The van der Waals surface area contributed by atoms with Crippen molar-refractivity contribution in [3.63, 3.8) is 0 Å². The topological polar surface area (TPSA) is 66.4 Å². The summed E-state index contributed by atoms with van der Waals surface area (Å²) in [5.74, 6) is 0.498. The standard InChI is InChI=1S/C6H14BrNO3S2/c1-6(9,4-12-2)3-8-13(10,11)5-7/h8-9H,3-5H2,1-2H3. The van der Waals surface area contributed by atoms with Gasteiger partial charge in [-0.3, -0.25) is 0 Å². The summed E-state index contributed by atoms with van der Waals surface area (Å²) in [7, 11) is -3.27. The van der Waals surface area contributed by atoms with Crippen LogP contribution in [-0.4, -0.2) is 42.3 Å². The molecule has 1 atom stereocenters. The van der Waals surface area contributed by atoms with Crippen LogP contribution in [0.5, 0.6) is 0 Å². The Labute approximate surface area is 91.7 Å². The van der Waals surface area contributed by atoms with Crippen LogP contribution in [0.15, 0.2) is 0 Å². The first-order valence-corrected chi connectivity index (χ1v) is 7.74. The predicted molar refractivity (Wildman–Crippen MR) is 59.7 cm³/mol. The van der Waals surface area contributed by atoms with E-state index < -0.39 is 15.6 Å². The molecule has 2 N–H and O–H groups in total. The van der Waals surface area contributed by atoms with Gasteiger partial charge in [-0.2, -0.15) is 11.8 Å². The SMILES string of the molecule is CSCC(C)(O)CNS(=O)(=O)CBr. The highest BCUT2D eigenvalue weighted by Gasteiger charge is 2.21. The van der Waals surface area contributed by atoms with Crippen molar-refractivity contribution in [3.8, 4) is 0 Å². The monoisotopic (exact) mass is 291 g/mol. The molecule has 0 aromatic rings. The Morgan fingerprint density at radius 3 is 2.54 bits per heavy atom. The molecule has 0 heterocycles. The molecule has 0 amide bonds. The van der Waals surface area contributed by atoms with Crippen molar-refractivity contribution >= 4 is 37.7 Å². The lowest BCUT2D eigenvalue weighted by molar-refractivity contribution is 0.0909. The number of sulfonamides is 1. The Balaban J connectivity index is 4.01. The number of aliphatic hydroxyl groups is 1. The second kappa shape index (κ2) is 5.55. The molecule has 4 nitrogen and oxygen atoms in total. The fraction of sp³-hybridized carbons (Fsp3) is 1.00. The average Bonchev–Trinajstić information content (AvgIpc) is 2.02. The number of hydrogen-bond donors (Lipinski definition) is 2.